The highest BCUT2D eigenvalue weighted by atomic mass is 15.0. The summed E-state index contributed by atoms with van der Waals surface area (Å²) < 4.78 is 2.27. The molecule has 17 heavy (non-hydrogen) atoms. The van der Waals surface area contributed by atoms with Crippen LogP contribution in [-0.2, 0) is 13.0 Å². The first-order valence-electron chi connectivity index (χ1n) is 6.39. The van der Waals surface area contributed by atoms with Gasteiger partial charge >= 0.3 is 0 Å². The third-order valence-electron chi connectivity index (χ3n) is 3.34. The SMILES string of the molecule is CCC(C)Cn1cc(CCN)c2cccnc21. The Kier molecular flexibility index (Phi) is 3.79. The van der Waals surface area contributed by atoms with Gasteiger partial charge in [0, 0.05) is 24.3 Å². The van der Waals surface area contributed by atoms with Gasteiger partial charge in [-0.2, -0.15) is 0 Å². The number of hydrogen-bond donors (Lipinski definition) is 1. The average Bonchev–Trinajstić information content (AvgIpc) is 2.69. The number of pyridine rings is 1. The van der Waals surface area contributed by atoms with Crippen LogP contribution in [0.1, 0.15) is 25.8 Å². The number of nitrogens with zero attached hydrogens (tertiary/aromatic N) is 2. The molecule has 0 bridgehead atoms. The van der Waals surface area contributed by atoms with Crippen LogP contribution in [0.15, 0.2) is 24.5 Å². The van der Waals surface area contributed by atoms with Crippen LogP contribution >= 0.6 is 0 Å². The second kappa shape index (κ2) is 5.32. The third kappa shape index (κ3) is 2.50. The Labute approximate surface area is 103 Å². The van der Waals surface area contributed by atoms with Gasteiger partial charge in [-0.3, -0.25) is 0 Å². The minimum absolute atomic E-state index is 0.679. The van der Waals surface area contributed by atoms with Crippen molar-refractivity contribution in [1.29, 1.82) is 0 Å². The number of fused-ring (bicyclic) bond motifs is 1. The van der Waals surface area contributed by atoms with Crippen molar-refractivity contribution in [3.05, 3.63) is 30.1 Å². The standard InChI is InChI=1S/C14H21N3/c1-3-11(2)9-17-10-12(6-7-15)13-5-4-8-16-14(13)17/h4-5,8,10-11H,3,6-7,9,15H2,1-2H3. The van der Waals surface area contributed by atoms with Gasteiger partial charge in [-0.25, -0.2) is 4.98 Å². The summed E-state index contributed by atoms with van der Waals surface area (Å²) in [6, 6.07) is 4.14. The minimum Gasteiger partial charge on any atom is -0.332 e. The lowest BCUT2D eigenvalue weighted by atomic mass is 10.1. The molecule has 0 radical (unpaired) electrons. The van der Waals surface area contributed by atoms with Crippen molar-refractivity contribution in [3.63, 3.8) is 0 Å². The van der Waals surface area contributed by atoms with Crippen LogP contribution < -0.4 is 5.73 Å². The van der Waals surface area contributed by atoms with Gasteiger partial charge in [-0.15, -0.1) is 0 Å². The van der Waals surface area contributed by atoms with Gasteiger partial charge in [-0.1, -0.05) is 20.3 Å². The quantitative estimate of drug-likeness (QED) is 0.859. The summed E-state index contributed by atoms with van der Waals surface area (Å²) >= 11 is 0. The summed E-state index contributed by atoms with van der Waals surface area (Å²) in [6.45, 7) is 6.23. The van der Waals surface area contributed by atoms with Gasteiger partial charge < -0.3 is 10.3 Å². The fourth-order valence-corrected chi connectivity index (χ4v) is 2.15. The van der Waals surface area contributed by atoms with E-state index in [0.717, 1.165) is 18.6 Å². The average molecular weight is 231 g/mol. The van der Waals surface area contributed by atoms with E-state index in [2.05, 4.69) is 35.7 Å². The summed E-state index contributed by atoms with van der Waals surface area (Å²) in [5.74, 6) is 0.679. The van der Waals surface area contributed by atoms with Gasteiger partial charge in [0.1, 0.15) is 5.65 Å². The Hall–Kier alpha value is -1.35. The fourth-order valence-electron chi connectivity index (χ4n) is 2.15. The monoisotopic (exact) mass is 231 g/mol. The molecule has 2 aromatic rings. The van der Waals surface area contributed by atoms with Crippen molar-refractivity contribution in [1.82, 2.24) is 9.55 Å². The molecule has 2 rings (SSSR count). The van der Waals surface area contributed by atoms with Gasteiger partial charge in [0.2, 0.25) is 0 Å². The first-order chi connectivity index (χ1) is 8.26. The van der Waals surface area contributed by atoms with Crippen molar-refractivity contribution in [2.45, 2.75) is 33.2 Å². The lowest BCUT2D eigenvalue weighted by molar-refractivity contribution is 0.475. The van der Waals surface area contributed by atoms with Crippen molar-refractivity contribution in [2.24, 2.45) is 11.7 Å². The molecule has 3 nitrogen and oxygen atoms in total. The molecule has 0 fully saturated rings. The molecule has 2 N–H and O–H groups in total. The van der Waals surface area contributed by atoms with E-state index in [1.165, 1.54) is 17.4 Å². The second-order valence-electron chi connectivity index (χ2n) is 4.73. The maximum atomic E-state index is 5.66. The molecule has 1 atom stereocenters. The lowest BCUT2D eigenvalue weighted by Gasteiger charge is -2.10. The summed E-state index contributed by atoms with van der Waals surface area (Å²) in [7, 11) is 0. The fraction of sp³-hybridized carbons (Fsp3) is 0.500. The van der Waals surface area contributed by atoms with Gasteiger partial charge in [0.05, 0.1) is 0 Å². The molecule has 1 unspecified atom stereocenters. The molecule has 0 saturated carbocycles. The Morgan fingerprint density at radius 1 is 1.47 bits per heavy atom. The largest absolute Gasteiger partial charge is 0.332 e. The van der Waals surface area contributed by atoms with Crippen LogP contribution in [0.2, 0.25) is 0 Å². The molecular formula is C14H21N3. The van der Waals surface area contributed by atoms with E-state index in [0.29, 0.717) is 12.5 Å². The van der Waals surface area contributed by atoms with Crippen LogP contribution in [0.5, 0.6) is 0 Å². The molecule has 0 spiro atoms. The smallest absolute Gasteiger partial charge is 0.140 e. The third-order valence-corrected chi connectivity index (χ3v) is 3.34. The molecule has 0 aliphatic carbocycles. The van der Waals surface area contributed by atoms with Gasteiger partial charge in [0.25, 0.3) is 0 Å². The zero-order valence-electron chi connectivity index (χ0n) is 10.7. The van der Waals surface area contributed by atoms with E-state index < -0.39 is 0 Å². The zero-order valence-corrected chi connectivity index (χ0v) is 10.7. The summed E-state index contributed by atoms with van der Waals surface area (Å²) in [4.78, 5) is 4.49. The van der Waals surface area contributed by atoms with Crippen LogP contribution in [0.4, 0.5) is 0 Å². The molecule has 2 heterocycles. The molecule has 2 aromatic heterocycles. The van der Waals surface area contributed by atoms with Crippen LogP contribution in [0, 0.1) is 5.92 Å². The molecule has 3 heteroatoms. The van der Waals surface area contributed by atoms with Crippen LogP contribution in [0.25, 0.3) is 11.0 Å². The van der Waals surface area contributed by atoms with Gasteiger partial charge in [-0.05, 0) is 36.6 Å². The summed E-state index contributed by atoms with van der Waals surface area (Å²) in [6.07, 6.45) is 6.20. The van der Waals surface area contributed by atoms with E-state index in [1.807, 2.05) is 12.3 Å². The van der Waals surface area contributed by atoms with Crippen molar-refractivity contribution in [3.8, 4) is 0 Å². The zero-order chi connectivity index (χ0) is 12.3. The van der Waals surface area contributed by atoms with Crippen LogP contribution in [0.3, 0.4) is 0 Å². The Morgan fingerprint density at radius 3 is 3.00 bits per heavy atom. The molecule has 0 amide bonds. The Bertz CT molecular complexity index is 487. The molecule has 0 aliphatic heterocycles. The normalized spacial score (nSPS) is 13.1. The summed E-state index contributed by atoms with van der Waals surface area (Å²) in [5.41, 5.74) is 8.07. The predicted molar refractivity (Wildman–Crippen MR) is 71.9 cm³/mol. The van der Waals surface area contributed by atoms with Gasteiger partial charge in [0.15, 0.2) is 0 Å². The highest BCUT2D eigenvalue weighted by Gasteiger charge is 2.10. The minimum atomic E-state index is 0.679. The first kappa shape index (κ1) is 12.1. The van der Waals surface area contributed by atoms with E-state index >= 15 is 0 Å². The maximum Gasteiger partial charge on any atom is 0.140 e. The van der Waals surface area contributed by atoms with E-state index in [-0.39, 0.29) is 0 Å². The highest BCUT2D eigenvalue weighted by Crippen LogP contribution is 2.21. The first-order valence-corrected chi connectivity index (χ1v) is 6.39. The lowest BCUT2D eigenvalue weighted by Crippen LogP contribution is -2.06. The topological polar surface area (TPSA) is 43.8 Å². The maximum absolute atomic E-state index is 5.66. The molecule has 0 aliphatic rings. The molecule has 0 aromatic carbocycles. The van der Waals surface area contributed by atoms with Crippen LogP contribution in [-0.4, -0.2) is 16.1 Å². The number of nitrogens with two attached hydrogens (primary N) is 1. The van der Waals surface area contributed by atoms with Crippen molar-refractivity contribution < 1.29 is 0 Å². The second-order valence-corrected chi connectivity index (χ2v) is 4.73. The van der Waals surface area contributed by atoms with E-state index in [4.69, 9.17) is 5.73 Å². The predicted octanol–water partition coefficient (Wildman–Crippen LogP) is 2.58. The Balaban J connectivity index is 2.41. The number of aromatic nitrogens is 2. The van der Waals surface area contributed by atoms with E-state index in [1.54, 1.807) is 0 Å². The molecule has 92 valence electrons. The number of hydrogen-bond acceptors (Lipinski definition) is 2. The number of rotatable bonds is 5. The molecule has 0 saturated heterocycles. The van der Waals surface area contributed by atoms with Crippen molar-refractivity contribution in [2.75, 3.05) is 6.54 Å². The Morgan fingerprint density at radius 2 is 2.29 bits per heavy atom. The highest BCUT2D eigenvalue weighted by molar-refractivity contribution is 5.80. The van der Waals surface area contributed by atoms with Crippen molar-refractivity contribution >= 4 is 11.0 Å². The van der Waals surface area contributed by atoms with E-state index in [9.17, 15) is 0 Å². The summed E-state index contributed by atoms with van der Waals surface area (Å²) in [5, 5.41) is 1.25. The molecular weight excluding hydrogens is 210 g/mol.